The van der Waals surface area contributed by atoms with E-state index in [1.807, 2.05) is 19.1 Å². The quantitative estimate of drug-likeness (QED) is 0.828. The van der Waals surface area contributed by atoms with Crippen molar-refractivity contribution in [2.24, 2.45) is 0 Å². The highest BCUT2D eigenvalue weighted by atomic mass is 32.2. The van der Waals surface area contributed by atoms with Gasteiger partial charge in [0.15, 0.2) is 0 Å². The summed E-state index contributed by atoms with van der Waals surface area (Å²) in [5.41, 5.74) is 1.75. The molecule has 0 radical (unpaired) electrons. The maximum atomic E-state index is 12.0. The van der Waals surface area contributed by atoms with Crippen molar-refractivity contribution in [1.82, 2.24) is 10.0 Å². The standard InChI is InChI=1S/C13H22N2O2S/c1-5-15-18(16,17)13-8-12(7-6-11(13)4)9-14-10(2)3/h6-8,10,14-15H,5,9H2,1-4H3. The van der Waals surface area contributed by atoms with Crippen LogP contribution in [0.2, 0.25) is 0 Å². The monoisotopic (exact) mass is 270 g/mol. The second-order valence-corrected chi connectivity index (χ2v) is 6.37. The number of aryl methyl sites for hydroxylation is 1. The molecule has 0 aromatic heterocycles. The minimum Gasteiger partial charge on any atom is -0.310 e. The van der Waals surface area contributed by atoms with Crippen LogP contribution in [-0.2, 0) is 16.6 Å². The van der Waals surface area contributed by atoms with Crippen LogP contribution in [0.1, 0.15) is 31.9 Å². The minimum absolute atomic E-state index is 0.368. The molecule has 0 fully saturated rings. The van der Waals surface area contributed by atoms with E-state index in [1.54, 1.807) is 13.0 Å². The Labute approximate surface area is 110 Å². The van der Waals surface area contributed by atoms with Crippen molar-refractivity contribution in [3.05, 3.63) is 29.3 Å². The average molecular weight is 270 g/mol. The van der Waals surface area contributed by atoms with Crippen LogP contribution in [0.25, 0.3) is 0 Å². The number of nitrogens with one attached hydrogen (secondary N) is 2. The van der Waals surface area contributed by atoms with Gasteiger partial charge in [0.25, 0.3) is 0 Å². The van der Waals surface area contributed by atoms with Crippen molar-refractivity contribution < 1.29 is 8.42 Å². The smallest absolute Gasteiger partial charge is 0.240 e. The molecule has 0 aliphatic carbocycles. The SMILES string of the molecule is CCNS(=O)(=O)c1cc(CNC(C)C)ccc1C. The van der Waals surface area contributed by atoms with Crippen LogP contribution < -0.4 is 10.0 Å². The molecule has 0 atom stereocenters. The van der Waals surface area contributed by atoms with E-state index in [0.29, 0.717) is 24.0 Å². The number of hydrogen-bond donors (Lipinski definition) is 2. The highest BCUT2D eigenvalue weighted by Crippen LogP contribution is 2.17. The fourth-order valence-electron chi connectivity index (χ4n) is 1.63. The van der Waals surface area contributed by atoms with Gasteiger partial charge in [-0.15, -0.1) is 0 Å². The van der Waals surface area contributed by atoms with E-state index in [4.69, 9.17) is 0 Å². The van der Waals surface area contributed by atoms with Crippen molar-refractivity contribution >= 4 is 10.0 Å². The van der Waals surface area contributed by atoms with E-state index in [0.717, 1.165) is 11.1 Å². The van der Waals surface area contributed by atoms with Gasteiger partial charge in [-0.2, -0.15) is 0 Å². The van der Waals surface area contributed by atoms with Crippen molar-refractivity contribution in [2.75, 3.05) is 6.54 Å². The fraction of sp³-hybridized carbons (Fsp3) is 0.538. The van der Waals surface area contributed by atoms with Gasteiger partial charge in [-0.25, -0.2) is 13.1 Å². The summed E-state index contributed by atoms with van der Waals surface area (Å²) in [6.45, 7) is 8.78. The maximum absolute atomic E-state index is 12.0. The molecule has 0 aliphatic heterocycles. The molecular weight excluding hydrogens is 248 g/mol. The van der Waals surface area contributed by atoms with Crippen molar-refractivity contribution in [2.45, 2.75) is 45.2 Å². The molecule has 0 aliphatic rings. The molecule has 0 bridgehead atoms. The predicted octanol–water partition coefficient (Wildman–Crippen LogP) is 1.79. The van der Waals surface area contributed by atoms with E-state index < -0.39 is 10.0 Å². The molecule has 102 valence electrons. The Hall–Kier alpha value is -0.910. The van der Waals surface area contributed by atoms with Crippen LogP contribution in [0, 0.1) is 6.92 Å². The van der Waals surface area contributed by atoms with Gasteiger partial charge < -0.3 is 5.32 Å². The van der Waals surface area contributed by atoms with Crippen molar-refractivity contribution in [3.63, 3.8) is 0 Å². The summed E-state index contributed by atoms with van der Waals surface area (Å²) in [6, 6.07) is 5.92. The van der Waals surface area contributed by atoms with Gasteiger partial charge in [0, 0.05) is 19.1 Å². The highest BCUT2D eigenvalue weighted by molar-refractivity contribution is 7.89. The molecule has 1 rings (SSSR count). The highest BCUT2D eigenvalue weighted by Gasteiger charge is 2.15. The Morgan fingerprint density at radius 2 is 1.94 bits per heavy atom. The van der Waals surface area contributed by atoms with Crippen LogP contribution >= 0.6 is 0 Å². The normalized spacial score (nSPS) is 12.1. The third-order valence-corrected chi connectivity index (χ3v) is 4.28. The van der Waals surface area contributed by atoms with Crippen LogP contribution in [0.15, 0.2) is 23.1 Å². The lowest BCUT2D eigenvalue weighted by Gasteiger charge is -2.12. The largest absolute Gasteiger partial charge is 0.310 e. The van der Waals surface area contributed by atoms with Crippen LogP contribution in [-0.4, -0.2) is 21.0 Å². The van der Waals surface area contributed by atoms with Crippen molar-refractivity contribution in [3.8, 4) is 0 Å². The first-order valence-corrected chi connectivity index (χ1v) is 7.67. The zero-order valence-corrected chi connectivity index (χ0v) is 12.3. The van der Waals surface area contributed by atoms with Crippen LogP contribution in [0.5, 0.6) is 0 Å². The molecule has 0 saturated carbocycles. The van der Waals surface area contributed by atoms with Gasteiger partial charge >= 0.3 is 0 Å². The zero-order chi connectivity index (χ0) is 13.8. The molecular formula is C13H22N2O2S. The molecule has 4 nitrogen and oxygen atoms in total. The minimum atomic E-state index is -3.38. The molecule has 0 heterocycles. The Kier molecular flexibility index (Phi) is 5.31. The summed E-state index contributed by atoms with van der Waals surface area (Å²) in [6.07, 6.45) is 0. The lowest BCUT2D eigenvalue weighted by atomic mass is 10.1. The molecule has 0 amide bonds. The Balaban J connectivity index is 3.01. The van der Waals surface area contributed by atoms with Gasteiger partial charge in [-0.05, 0) is 24.1 Å². The summed E-state index contributed by atoms with van der Waals surface area (Å²) >= 11 is 0. The first-order valence-electron chi connectivity index (χ1n) is 6.19. The van der Waals surface area contributed by atoms with Gasteiger partial charge in [0.1, 0.15) is 0 Å². The topological polar surface area (TPSA) is 58.2 Å². The molecule has 0 unspecified atom stereocenters. The van der Waals surface area contributed by atoms with Crippen LogP contribution in [0.3, 0.4) is 0 Å². The van der Waals surface area contributed by atoms with Crippen molar-refractivity contribution in [1.29, 1.82) is 0 Å². The third-order valence-electron chi connectivity index (χ3n) is 2.59. The van der Waals surface area contributed by atoms with E-state index in [1.165, 1.54) is 0 Å². The number of hydrogen-bond acceptors (Lipinski definition) is 3. The van der Waals surface area contributed by atoms with E-state index in [2.05, 4.69) is 23.9 Å². The lowest BCUT2D eigenvalue weighted by molar-refractivity contribution is 0.580. The Bertz CT molecular complexity index is 496. The Morgan fingerprint density at radius 3 is 2.50 bits per heavy atom. The molecule has 0 spiro atoms. The van der Waals surface area contributed by atoms with Gasteiger partial charge in [-0.1, -0.05) is 32.9 Å². The second-order valence-electron chi connectivity index (χ2n) is 4.64. The molecule has 0 saturated heterocycles. The van der Waals surface area contributed by atoms with Gasteiger partial charge in [0.05, 0.1) is 4.90 Å². The lowest BCUT2D eigenvalue weighted by Crippen LogP contribution is -2.25. The summed E-state index contributed by atoms with van der Waals surface area (Å²) in [7, 11) is -3.38. The molecule has 18 heavy (non-hydrogen) atoms. The first-order chi connectivity index (χ1) is 8.36. The van der Waals surface area contributed by atoms with Crippen LogP contribution in [0.4, 0.5) is 0 Å². The summed E-state index contributed by atoms with van der Waals surface area (Å²) < 4.78 is 26.5. The number of rotatable bonds is 6. The van der Waals surface area contributed by atoms with E-state index in [9.17, 15) is 8.42 Å². The summed E-state index contributed by atoms with van der Waals surface area (Å²) in [5, 5.41) is 3.28. The van der Waals surface area contributed by atoms with Gasteiger partial charge in [0.2, 0.25) is 10.0 Å². The maximum Gasteiger partial charge on any atom is 0.240 e. The molecule has 1 aromatic carbocycles. The Morgan fingerprint density at radius 1 is 1.28 bits per heavy atom. The number of benzene rings is 1. The predicted molar refractivity (Wildman–Crippen MR) is 74.0 cm³/mol. The van der Waals surface area contributed by atoms with E-state index in [-0.39, 0.29) is 0 Å². The molecule has 1 aromatic rings. The summed E-state index contributed by atoms with van der Waals surface area (Å²) in [4.78, 5) is 0.368. The average Bonchev–Trinajstić information content (AvgIpc) is 2.27. The molecule has 5 heteroatoms. The zero-order valence-electron chi connectivity index (χ0n) is 11.4. The second kappa shape index (κ2) is 6.31. The summed E-state index contributed by atoms with van der Waals surface area (Å²) in [5.74, 6) is 0. The molecule has 2 N–H and O–H groups in total. The third kappa shape index (κ3) is 4.08. The van der Waals surface area contributed by atoms with E-state index >= 15 is 0 Å². The number of sulfonamides is 1. The fourth-order valence-corrected chi connectivity index (χ4v) is 2.97. The van der Waals surface area contributed by atoms with Gasteiger partial charge in [-0.3, -0.25) is 0 Å². The first kappa shape index (κ1) is 15.1.